The van der Waals surface area contributed by atoms with Gasteiger partial charge in [-0.2, -0.15) is 0 Å². The van der Waals surface area contributed by atoms with Crippen molar-refractivity contribution in [1.29, 1.82) is 0 Å². The molecule has 148 valence electrons. The second kappa shape index (κ2) is 8.72. The number of amides is 2. The molecule has 0 bridgehead atoms. The molecule has 1 N–H and O–H groups in total. The molecule has 1 atom stereocenters. The lowest BCUT2D eigenvalue weighted by molar-refractivity contribution is -0.143. The molecule has 0 fully saturated rings. The number of rotatable bonds is 8. The quantitative estimate of drug-likeness (QED) is 0.313. The number of esters is 1. The largest absolute Gasteiger partial charge is 0.466 e. The lowest BCUT2D eigenvalue weighted by Crippen LogP contribution is -2.37. The Balaban J connectivity index is 1.69. The summed E-state index contributed by atoms with van der Waals surface area (Å²) >= 11 is 1.45. The highest BCUT2D eigenvalue weighted by Gasteiger charge is 2.32. The van der Waals surface area contributed by atoms with Crippen LogP contribution in [0.2, 0.25) is 0 Å². The summed E-state index contributed by atoms with van der Waals surface area (Å²) in [5.41, 5.74) is 0.562. The normalized spacial score (nSPS) is 14.5. The van der Waals surface area contributed by atoms with Crippen molar-refractivity contribution in [3.8, 4) is 0 Å². The molecule has 1 heterocycles. The molecule has 0 aromatic heterocycles. The number of carbonyl (C=O) groups is 3. The fourth-order valence-electron chi connectivity index (χ4n) is 2.96. The van der Waals surface area contributed by atoms with Gasteiger partial charge < -0.3 is 9.47 Å². The number of imide groups is 1. The van der Waals surface area contributed by atoms with E-state index in [9.17, 15) is 19.6 Å². The Bertz CT molecular complexity index is 906. The first-order valence-corrected chi connectivity index (χ1v) is 9.87. The number of carbonyl (C=O) groups excluding carboxylic acids is 3. The van der Waals surface area contributed by atoms with Crippen molar-refractivity contribution in [3.63, 3.8) is 0 Å². The van der Waals surface area contributed by atoms with Gasteiger partial charge in [0.25, 0.3) is 11.8 Å². The van der Waals surface area contributed by atoms with E-state index in [1.165, 1.54) is 11.8 Å². The zero-order chi connectivity index (χ0) is 20.3. The van der Waals surface area contributed by atoms with Crippen molar-refractivity contribution in [2.24, 2.45) is 0 Å². The smallest absolute Gasteiger partial charge is 0.306 e. The van der Waals surface area contributed by atoms with Crippen molar-refractivity contribution in [1.82, 2.24) is 5.06 Å². The molecule has 0 spiro atoms. The van der Waals surface area contributed by atoms with Gasteiger partial charge in [-0.05, 0) is 30.5 Å². The van der Waals surface area contributed by atoms with E-state index < -0.39 is 11.8 Å². The van der Waals surface area contributed by atoms with Crippen LogP contribution in [0.4, 0.5) is 0 Å². The molecule has 0 aliphatic carbocycles. The van der Waals surface area contributed by atoms with Gasteiger partial charge in [-0.1, -0.05) is 12.1 Å². The van der Waals surface area contributed by atoms with Crippen LogP contribution in [0.15, 0.2) is 35.2 Å². The molecular formula is C20H21NO6S. The highest BCUT2D eigenvalue weighted by molar-refractivity contribution is 7.99. The molecule has 7 nitrogen and oxygen atoms in total. The fraction of sp³-hybridized carbons (Fsp3) is 0.350. The van der Waals surface area contributed by atoms with Gasteiger partial charge >= 0.3 is 5.97 Å². The maximum absolute atomic E-state index is 12.2. The summed E-state index contributed by atoms with van der Waals surface area (Å²) in [6, 6.07) is 8.47. The maximum atomic E-state index is 12.2. The van der Waals surface area contributed by atoms with E-state index in [1.807, 2.05) is 13.0 Å². The Hall–Kier alpha value is -2.42. The van der Waals surface area contributed by atoms with Crippen molar-refractivity contribution < 1.29 is 29.1 Å². The minimum Gasteiger partial charge on any atom is -0.466 e. The molecule has 28 heavy (non-hydrogen) atoms. The predicted octanol–water partition coefficient (Wildman–Crippen LogP) is 3.28. The first kappa shape index (κ1) is 20.3. The average Bonchev–Trinajstić information content (AvgIpc) is 2.70. The summed E-state index contributed by atoms with van der Waals surface area (Å²) in [5.74, 6) is -1.25. The molecule has 0 saturated heterocycles. The maximum Gasteiger partial charge on any atom is 0.306 e. The van der Waals surface area contributed by atoms with Crippen LogP contribution in [-0.2, 0) is 14.3 Å². The topological polar surface area (TPSA) is 93.1 Å². The fourth-order valence-corrected chi connectivity index (χ4v) is 3.93. The van der Waals surface area contributed by atoms with Crippen LogP contribution in [0, 0.1) is 0 Å². The number of thioether (sulfide) groups is 1. The van der Waals surface area contributed by atoms with E-state index in [-0.39, 0.29) is 34.7 Å². The number of nitrogens with zero attached hydrogens (tertiary/aromatic N) is 1. The van der Waals surface area contributed by atoms with Crippen LogP contribution in [0.25, 0.3) is 10.8 Å². The van der Waals surface area contributed by atoms with Gasteiger partial charge in [-0.25, -0.2) is 0 Å². The van der Waals surface area contributed by atoms with Crippen LogP contribution >= 0.6 is 11.8 Å². The van der Waals surface area contributed by atoms with Crippen molar-refractivity contribution in [2.75, 3.05) is 19.5 Å². The molecule has 8 heteroatoms. The molecule has 1 aliphatic heterocycles. The van der Waals surface area contributed by atoms with Crippen LogP contribution in [0.5, 0.6) is 0 Å². The van der Waals surface area contributed by atoms with E-state index in [0.29, 0.717) is 24.2 Å². The number of ether oxygens (including phenoxy) is 2. The number of hydrogen-bond acceptors (Lipinski definition) is 7. The van der Waals surface area contributed by atoms with Gasteiger partial charge in [0.2, 0.25) is 0 Å². The van der Waals surface area contributed by atoms with Gasteiger partial charge in [-0.3, -0.25) is 19.6 Å². The van der Waals surface area contributed by atoms with Gasteiger partial charge in [-0.15, -0.1) is 16.8 Å². The van der Waals surface area contributed by atoms with Crippen molar-refractivity contribution in [3.05, 3.63) is 41.5 Å². The predicted molar refractivity (Wildman–Crippen MR) is 104 cm³/mol. The Kier molecular flexibility index (Phi) is 6.33. The van der Waals surface area contributed by atoms with Crippen molar-refractivity contribution in [2.45, 2.75) is 30.8 Å². The zero-order valence-electron chi connectivity index (χ0n) is 15.6. The third kappa shape index (κ3) is 4.04. The first-order chi connectivity index (χ1) is 13.4. The Morgan fingerprint density at radius 3 is 2.61 bits per heavy atom. The lowest BCUT2D eigenvalue weighted by atomic mass is 9.95. The van der Waals surface area contributed by atoms with Crippen molar-refractivity contribution >= 4 is 40.3 Å². The minimum atomic E-state index is -0.737. The van der Waals surface area contributed by atoms with Gasteiger partial charge in [0.1, 0.15) is 0 Å². The molecule has 1 unspecified atom stereocenters. The third-order valence-electron chi connectivity index (χ3n) is 4.60. The summed E-state index contributed by atoms with van der Waals surface area (Å²) in [6.45, 7) is 2.23. The molecule has 3 rings (SSSR count). The number of methoxy groups -OCH3 is 1. The zero-order valence-corrected chi connectivity index (χ0v) is 16.5. The second-order valence-electron chi connectivity index (χ2n) is 6.42. The highest BCUT2D eigenvalue weighted by atomic mass is 32.2. The molecule has 0 saturated carbocycles. The lowest BCUT2D eigenvalue weighted by Gasteiger charge is -2.22. The Labute approximate surface area is 166 Å². The minimum absolute atomic E-state index is 0.0417. The van der Waals surface area contributed by atoms with Crippen LogP contribution in [0.3, 0.4) is 0 Å². The Morgan fingerprint density at radius 1 is 1.18 bits per heavy atom. The van der Waals surface area contributed by atoms with Gasteiger partial charge in [0.05, 0.1) is 30.3 Å². The summed E-state index contributed by atoms with van der Waals surface area (Å²) in [7, 11) is 1.61. The summed E-state index contributed by atoms with van der Waals surface area (Å²) < 4.78 is 10.3. The number of hydroxylamine groups is 2. The number of benzene rings is 2. The molecule has 2 aromatic carbocycles. The monoisotopic (exact) mass is 403 g/mol. The van der Waals surface area contributed by atoms with Gasteiger partial charge in [0.15, 0.2) is 0 Å². The SMILES string of the molecule is COC(C)CCOC(=O)CCSc1ccc2c3c(cccc13)C(=O)N(O)C2=O. The summed E-state index contributed by atoms with van der Waals surface area (Å²) in [6.07, 6.45) is 0.936. The molecule has 2 aromatic rings. The van der Waals surface area contributed by atoms with E-state index in [4.69, 9.17) is 9.47 Å². The van der Waals surface area contributed by atoms with Crippen LogP contribution in [-0.4, -0.2) is 53.6 Å². The third-order valence-corrected chi connectivity index (χ3v) is 5.67. The van der Waals surface area contributed by atoms with E-state index >= 15 is 0 Å². The molecule has 2 amide bonds. The molecular weight excluding hydrogens is 382 g/mol. The second-order valence-corrected chi connectivity index (χ2v) is 7.55. The molecule has 0 radical (unpaired) electrons. The van der Waals surface area contributed by atoms with Gasteiger partial charge in [0, 0.05) is 29.6 Å². The van der Waals surface area contributed by atoms with Crippen LogP contribution in [0.1, 0.15) is 40.5 Å². The average molecular weight is 403 g/mol. The standard InChI is InChI=1S/C20H21NO6S/c1-12(26-2)8-10-27-17(22)9-11-28-16-7-6-15-18-13(16)4-3-5-14(18)19(23)21(25)20(15)24/h3-7,12,25H,8-11H2,1-2H3. The highest BCUT2D eigenvalue weighted by Crippen LogP contribution is 2.35. The van der Waals surface area contributed by atoms with E-state index in [1.54, 1.807) is 31.4 Å². The molecule has 1 aliphatic rings. The van der Waals surface area contributed by atoms with Crippen LogP contribution < -0.4 is 0 Å². The number of hydrogen-bond donors (Lipinski definition) is 1. The van der Waals surface area contributed by atoms with E-state index in [0.717, 1.165) is 10.3 Å². The summed E-state index contributed by atoms with van der Waals surface area (Å²) in [5, 5.41) is 11.1. The Morgan fingerprint density at radius 2 is 1.89 bits per heavy atom. The first-order valence-electron chi connectivity index (χ1n) is 8.88. The summed E-state index contributed by atoms with van der Waals surface area (Å²) in [4.78, 5) is 37.1. The van der Waals surface area contributed by atoms with E-state index in [2.05, 4.69) is 0 Å².